The molecule has 0 fully saturated rings. The van der Waals surface area contributed by atoms with E-state index in [4.69, 9.17) is 22.9 Å². The van der Waals surface area contributed by atoms with Crippen molar-refractivity contribution in [3.63, 3.8) is 0 Å². The van der Waals surface area contributed by atoms with Gasteiger partial charge in [-0.15, -0.1) is 0 Å². The molecular weight excluding hydrogens is 224 g/mol. The van der Waals surface area contributed by atoms with Crippen LogP contribution < -0.4 is 22.9 Å². The zero-order valence-corrected chi connectivity index (χ0v) is 10.1. The molecule has 4 nitrogen and oxygen atoms in total. The Morgan fingerprint density at radius 2 is 1.17 bits per heavy atom. The van der Waals surface area contributed by atoms with Crippen LogP contribution in [0.15, 0.2) is 48.5 Å². The second kappa shape index (κ2) is 4.68. The van der Waals surface area contributed by atoms with Gasteiger partial charge in [0.25, 0.3) is 0 Å². The highest BCUT2D eigenvalue weighted by Gasteiger charge is 2.22. The van der Waals surface area contributed by atoms with Gasteiger partial charge in [0.05, 0.1) is 5.66 Å². The Balaban J connectivity index is 2.20. The smallest absolute Gasteiger partial charge is 0.0940 e. The van der Waals surface area contributed by atoms with Gasteiger partial charge in [0, 0.05) is 17.8 Å². The van der Waals surface area contributed by atoms with Crippen molar-refractivity contribution in [3.05, 3.63) is 59.7 Å². The van der Waals surface area contributed by atoms with Crippen LogP contribution in [0.4, 0.5) is 11.4 Å². The Hall–Kier alpha value is -2.04. The van der Waals surface area contributed by atoms with Crippen LogP contribution in [0.25, 0.3) is 0 Å². The molecule has 8 N–H and O–H groups in total. The summed E-state index contributed by atoms with van der Waals surface area (Å²) in [6.07, 6.45) is 0.539. The maximum absolute atomic E-state index is 6.16. The molecule has 18 heavy (non-hydrogen) atoms. The van der Waals surface area contributed by atoms with Crippen molar-refractivity contribution in [1.82, 2.24) is 0 Å². The van der Waals surface area contributed by atoms with Crippen LogP contribution in [0.3, 0.4) is 0 Å². The number of nitrogens with two attached hydrogens (primary N) is 4. The molecule has 0 unspecified atom stereocenters. The second-order valence-corrected chi connectivity index (χ2v) is 4.58. The highest BCUT2D eigenvalue weighted by Crippen LogP contribution is 2.20. The standard InChI is InChI=1S/C14H18N4/c15-12-5-1-10(2-6-12)9-14(17,18)11-3-7-13(16)8-4-11/h1-8H,9,15-18H2. The van der Waals surface area contributed by atoms with Gasteiger partial charge in [-0.2, -0.15) is 0 Å². The van der Waals surface area contributed by atoms with Crippen LogP contribution in [0.1, 0.15) is 11.1 Å². The van der Waals surface area contributed by atoms with Crippen molar-refractivity contribution < 1.29 is 0 Å². The maximum atomic E-state index is 6.16. The predicted octanol–water partition coefficient (Wildman–Crippen LogP) is 1.16. The van der Waals surface area contributed by atoms with Crippen LogP contribution in [0.2, 0.25) is 0 Å². The van der Waals surface area contributed by atoms with E-state index in [0.717, 1.165) is 16.8 Å². The minimum absolute atomic E-state index is 0.539. The van der Waals surface area contributed by atoms with Crippen molar-refractivity contribution in [2.24, 2.45) is 11.5 Å². The largest absolute Gasteiger partial charge is 0.399 e. The number of benzene rings is 2. The first-order chi connectivity index (χ1) is 8.47. The Morgan fingerprint density at radius 1 is 0.722 bits per heavy atom. The fourth-order valence-corrected chi connectivity index (χ4v) is 1.87. The van der Waals surface area contributed by atoms with Gasteiger partial charge in [-0.25, -0.2) is 0 Å². The van der Waals surface area contributed by atoms with Crippen LogP contribution in [-0.4, -0.2) is 0 Å². The molecule has 0 saturated heterocycles. The number of anilines is 2. The molecule has 0 aliphatic heterocycles. The molecule has 0 amide bonds. The van der Waals surface area contributed by atoms with E-state index in [0.29, 0.717) is 12.1 Å². The summed E-state index contributed by atoms with van der Waals surface area (Å²) in [4.78, 5) is 0. The summed E-state index contributed by atoms with van der Waals surface area (Å²) in [6.45, 7) is 0. The summed E-state index contributed by atoms with van der Waals surface area (Å²) >= 11 is 0. The third kappa shape index (κ3) is 2.80. The van der Waals surface area contributed by atoms with E-state index in [2.05, 4.69) is 0 Å². The number of hydrogen-bond acceptors (Lipinski definition) is 4. The number of hydrogen-bond donors (Lipinski definition) is 4. The van der Waals surface area contributed by atoms with E-state index in [-0.39, 0.29) is 0 Å². The Labute approximate surface area is 107 Å². The molecule has 4 heteroatoms. The fourth-order valence-electron chi connectivity index (χ4n) is 1.87. The average Bonchev–Trinajstić information content (AvgIpc) is 2.32. The third-order valence-corrected chi connectivity index (χ3v) is 2.92. The molecule has 2 aromatic rings. The average molecular weight is 242 g/mol. The molecular formula is C14H18N4. The first-order valence-corrected chi connectivity index (χ1v) is 5.75. The van der Waals surface area contributed by atoms with Crippen LogP contribution in [0, 0.1) is 0 Å². The van der Waals surface area contributed by atoms with Gasteiger partial charge in [0.15, 0.2) is 0 Å². The van der Waals surface area contributed by atoms with Gasteiger partial charge < -0.3 is 22.9 Å². The molecule has 0 aliphatic rings. The van der Waals surface area contributed by atoms with Crippen LogP contribution in [-0.2, 0) is 12.1 Å². The predicted molar refractivity (Wildman–Crippen MR) is 75.5 cm³/mol. The van der Waals surface area contributed by atoms with Gasteiger partial charge in [0.2, 0.25) is 0 Å². The second-order valence-electron chi connectivity index (χ2n) is 4.58. The summed E-state index contributed by atoms with van der Waals surface area (Å²) in [6, 6.07) is 14.9. The van der Waals surface area contributed by atoms with E-state index in [1.807, 2.05) is 36.4 Å². The van der Waals surface area contributed by atoms with Crippen molar-refractivity contribution in [3.8, 4) is 0 Å². The third-order valence-electron chi connectivity index (χ3n) is 2.92. The van der Waals surface area contributed by atoms with E-state index in [1.165, 1.54) is 0 Å². The van der Waals surface area contributed by atoms with E-state index >= 15 is 0 Å². The van der Waals surface area contributed by atoms with Crippen LogP contribution in [0.5, 0.6) is 0 Å². The zero-order chi connectivity index (χ0) is 13.2. The summed E-state index contributed by atoms with van der Waals surface area (Å²) < 4.78 is 0. The molecule has 0 bridgehead atoms. The highest BCUT2D eigenvalue weighted by atomic mass is 15.0. The summed E-state index contributed by atoms with van der Waals surface area (Å²) in [5.41, 5.74) is 26.0. The first kappa shape index (κ1) is 12.4. The van der Waals surface area contributed by atoms with E-state index in [1.54, 1.807) is 12.1 Å². The van der Waals surface area contributed by atoms with Crippen molar-refractivity contribution in [1.29, 1.82) is 0 Å². The van der Waals surface area contributed by atoms with Gasteiger partial charge in [-0.05, 0) is 35.4 Å². The molecule has 0 heterocycles. The van der Waals surface area contributed by atoms with Crippen LogP contribution >= 0.6 is 0 Å². The van der Waals surface area contributed by atoms with Crippen molar-refractivity contribution >= 4 is 11.4 Å². The Morgan fingerprint density at radius 3 is 1.67 bits per heavy atom. The number of nitrogen functional groups attached to an aromatic ring is 2. The summed E-state index contributed by atoms with van der Waals surface area (Å²) in [5.74, 6) is 0. The van der Waals surface area contributed by atoms with Gasteiger partial charge in [0.1, 0.15) is 0 Å². The zero-order valence-electron chi connectivity index (χ0n) is 10.1. The van der Waals surface area contributed by atoms with Crippen molar-refractivity contribution in [2.45, 2.75) is 12.1 Å². The van der Waals surface area contributed by atoms with Gasteiger partial charge >= 0.3 is 0 Å². The minimum Gasteiger partial charge on any atom is -0.399 e. The van der Waals surface area contributed by atoms with E-state index < -0.39 is 5.66 Å². The lowest BCUT2D eigenvalue weighted by atomic mass is 9.93. The highest BCUT2D eigenvalue weighted by molar-refractivity contribution is 5.43. The molecule has 0 atom stereocenters. The Bertz CT molecular complexity index is 514. The Kier molecular flexibility index (Phi) is 3.23. The summed E-state index contributed by atoms with van der Waals surface area (Å²) in [5, 5.41) is 0. The van der Waals surface area contributed by atoms with Gasteiger partial charge in [-0.3, -0.25) is 0 Å². The minimum atomic E-state index is -0.913. The monoisotopic (exact) mass is 242 g/mol. The lowest BCUT2D eigenvalue weighted by Crippen LogP contribution is -2.48. The molecule has 0 saturated carbocycles. The summed E-state index contributed by atoms with van der Waals surface area (Å²) in [7, 11) is 0. The topological polar surface area (TPSA) is 104 Å². The maximum Gasteiger partial charge on any atom is 0.0940 e. The SMILES string of the molecule is Nc1ccc(CC(N)(N)c2ccc(N)cc2)cc1. The molecule has 0 aliphatic carbocycles. The number of rotatable bonds is 3. The quantitative estimate of drug-likeness (QED) is 0.479. The molecule has 0 radical (unpaired) electrons. The molecule has 0 aromatic heterocycles. The first-order valence-electron chi connectivity index (χ1n) is 5.75. The lowest BCUT2D eigenvalue weighted by Gasteiger charge is -2.25. The van der Waals surface area contributed by atoms with Gasteiger partial charge in [-0.1, -0.05) is 24.3 Å². The molecule has 2 aromatic carbocycles. The molecule has 0 spiro atoms. The molecule has 2 rings (SSSR count). The van der Waals surface area contributed by atoms with Crippen molar-refractivity contribution in [2.75, 3.05) is 11.5 Å². The lowest BCUT2D eigenvalue weighted by molar-refractivity contribution is 0.462. The molecule has 94 valence electrons. The normalized spacial score (nSPS) is 11.4. The fraction of sp³-hybridized carbons (Fsp3) is 0.143. The van der Waals surface area contributed by atoms with E-state index in [9.17, 15) is 0 Å².